The molecule has 0 N–H and O–H groups in total. The summed E-state index contributed by atoms with van der Waals surface area (Å²) in [6, 6.07) is 14.6. The molecule has 1 atom stereocenters. The number of aromatic nitrogens is 1. The van der Waals surface area contributed by atoms with Gasteiger partial charge in [-0.3, -0.25) is 9.69 Å². The van der Waals surface area contributed by atoms with Crippen LogP contribution in [0.4, 0.5) is 5.88 Å². The first-order chi connectivity index (χ1) is 16.2. The summed E-state index contributed by atoms with van der Waals surface area (Å²) in [5.74, 6) is 1.15. The van der Waals surface area contributed by atoms with Gasteiger partial charge in [-0.2, -0.15) is 0 Å². The van der Waals surface area contributed by atoms with E-state index in [4.69, 9.17) is 9.26 Å². The molecular formula is C28H35N3O3. The second kappa shape index (κ2) is 8.51. The predicted octanol–water partition coefficient (Wildman–Crippen LogP) is 4.87. The topological polar surface area (TPSA) is 58.8 Å². The molecule has 1 aliphatic heterocycles. The monoisotopic (exact) mass is 461 g/mol. The Morgan fingerprint density at radius 3 is 2.44 bits per heavy atom. The lowest BCUT2D eigenvalue weighted by Gasteiger charge is -2.36. The number of nitrogens with zero attached hydrogens (tertiary/aromatic N) is 3. The molecule has 0 amide bonds. The number of piperazine rings is 1. The van der Waals surface area contributed by atoms with Crippen molar-refractivity contribution in [3.8, 4) is 0 Å². The summed E-state index contributed by atoms with van der Waals surface area (Å²) < 4.78 is 11.9. The lowest BCUT2D eigenvalue weighted by molar-refractivity contribution is -0.126. The van der Waals surface area contributed by atoms with Crippen LogP contribution in [-0.2, 0) is 20.4 Å². The SMILES string of the molecule is CCOC(CN1CCN(c2onc3ccccc23)CC1)c1ccc2c(c1)C(C)(C)C(=O)C2(C)C. The van der Waals surface area contributed by atoms with Crippen LogP contribution in [0.15, 0.2) is 47.0 Å². The maximum Gasteiger partial charge on any atom is 0.235 e. The molecule has 1 unspecified atom stereocenters. The van der Waals surface area contributed by atoms with E-state index in [1.165, 1.54) is 0 Å². The van der Waals surface area contributed by atoms with Crippen LogP contribution in [0.3, 0.4) is 0 Å². The molecule has 3 aromatic rings. The van der Waals surface area contributed by atoms with Crippen molar-refractivity contribution in [1.82, 2.24) is 10.1 Å². The number of hydrogen-bond acceptors (Lipinski definition) is 6. The molecule has 34 heavy (non-hydrogen) atoms. The van der Waals surface area contributed by atoms with E-state index in [9.17, 15) is 4.79 Å². The molecule has 1 fully saturated rings. The molecular weight excluding hydrogens is 426 g/mol. The van der Waals surface area contributed by atoms with Gasteiger partial charge < -0.3 is 14.2 Å². The number of carbonyl (C=O) groups excluding carboxylic acids is 1. The number of ketones is 1. The Hall–Kier alpha value is -2.70. The molecule has 0 saturated carbocycles. The van der Waals surface area contributed by atoms with Crippen molar-refractivity contribution in [3.63, 3.8) is 0 Å². The summed E-state index contributed by atoms with van der Waals surface area (Å²) in [5, 5.41) is 5.28. The largest absolute Gasteiger partial charge is 0.372 e. The highest BCUT2D eigenvalue weighted by Gasteiger charge is 2.50. The van der Waals surface area contributed by atoms with Crippen LogP contribution >= 0.6 is 0 Å². The van der Waals surface area contributed by atoms with Gasteiger partial charge in [-0.1, -0.05) is 35.5 Å². The van der Waals surface area contributed by atoms with Crippen LogP contribution in [0.5, 0.6) is 0 Å². The van der Waals surface area contributed by atoms with Crippen LogP contribution in [-0.4, -0.2) is 55.2 Å². The Morgan fingerprint density at radius 2 is 1.71 bits per heavy atom. The van der Waals surface area contributed by atoms with Gasteiger partial charge in [-0.25, -0.2) is 0 Å². The van der Waals surface area contributed by atoms with Crippen molar-refractivity contribution in [3.05, 3.63) is 59.2 Å². The molecule has 0 radical (unpaired) electrons. The minimum Gasteiger partial charge on any atom is -0.372 e. The quantitative estimate of drug-likeness (QED) is 0.522. The molecule has 0 bridgehead atoms. The fraction of sp³-hybridized carbons (Fsp3) is 0.500. The van der Waals surface area contributed by atoms with Crippen LogP contribution in [0.25, 0.3) is 10.9 Å². The number of Topliss-reactive ketones (excluding diaryl/α,β-unsaturated/α-hetero) is 1. The highest BCUT2D eigenvalue weighted by molar-refractivity contribution is 6.02. The molecule has 6 nitrogen and oxygen atoms in total. The minimum atomic E-state index is -0.475. The molecule has 6 heteroatoms. The average Bonchev–Trinajstić information content (AvgIpc) is 3.32. The van der Waals surface area contributed by atoms with Gasteiger partial charge >= 0.3 is 0 Å². The van der Waals surface area contributed by atoms with E-state index in [0.29, 0.717) is 6.61 Å². The predicted molar refractivity (Wildman–Crippen MR) is 135 cm³/mol. The first-order valence-corrected chi connectivity index (χ1v) is 12.4. The van der Waals surface area contributed by atoms with Gasteiger partial charge in [0.1, 0.15) is 5.52 Å². The highest BCUT2D eigenvalue weighted by Crippen LogP contribution is 2.47. The standard InChI is InChI=1S/C28H35N3O3/c1-6-33-24(19-11-12-21-22(17-19)28(4,5)26(32)27(21,2)3)18-30-13-15-31(16-14-30)25-20-9-7-8-10-23(20)29-34-25/h7-12,17,24H,6,13-16,18H2,1-5H3. The summed E-state index contributed by atoms with van der Waals surface area (Å²) >= 11 is 0. The van der Waals surface area contributed by atoms with E-state index in [1.54, 1.807) is 0 Å². The molecule has 1 aliphatic carbocycles. The third kappa shape index (κ3) is 3.73. The van der Waals surface area contributed by atoms with E-state index in [1.807, 2.05) is 39.0 Å². The Labute approximate surface area is 201 Å². The second-order valence-corrected chi connectivity index (χ2v) is 10.6. The summed E-state index contributed by atoms with van der Waals surface area (Å²) in [5.41, 5.74) is 3.43. The fourth-order valence-corrected chi connectivity index (χ4v) is 5.78. The van der Waals surface area contributed by atoms with Gasteiger partial charge in [0.15, 0.2) is 5.78 Å². The first-order valence-electron chi connectivity index (χ1n) is 12.4. The maximum absolute atomic E-state index is 13.1. The maximum atomic E-state index is 13.1. The Bertz CT molecular complexity index is 1200. The van der Waals surface area contributed by atoms with Crippen LogP contribution in [0.1, 0.15) is 57.4 Å². The van der Waals surface area contributed by atoms with Crippen molar-refractivity contribution in [2.45, 2.75) is 51.6 Å². The average molecular weight is 462 g/mol. The van der Waals surface area contributed by atoms with Gasteiger partial charge in [0.2, 0.25) is 5.88 Å². The lowest BCUT2D eigenvalue weighted by atomic mass is 9.80. The molecule has 2 aliphatic rings. The molecule has 1 aromatic heterocycles. The number of rotatable bonds is 6. The molecule has 0 spiro atoms. The lowest BCUT2D eigenvalue weighted by Crippen LogP contribution is -2.47. The van der Waals surface area contributed by atoms with Crippen molar-refractivity contribution in [1.29, 1.82) is 0 Å². The summed E-state index contributed by atoms with van der Waals surface area (Å²) in [6.07, 6.45) is -0.0254. The Balaban J connectivity index is 1.31. The molecule has 180 valence electrons. The number of hydrogen-bond donors (Lipinski definition) is 0. The van der Waals surface area contributed by atoms with Gasteiger partial charge in [0, 0.05) is 50.2 Å². The van der Waals surface area contributed by atoms with Crippen molar-refractivity contribution >= 4 is 22.6 Å². The first kappa shape index (κ1) is 23.1. The Morgan fingerprint density at radius 1 is 1.00 bits per heavy atom. The van der Waals surface area contributed by atoms with Crippen molar-refractivity contribution in [2.75, 3.05) is 44.2 Å². The molecule has 5 rings (SSSR count). The number of fused-ring (bicyclic) bond motifs is 2. The summed E-state index contributed by atoms with van der Waals surface area (Å²) in [7, 11) is 0. The van der Waals surface area contributed by atoms with Gasteiger partial charge in [0.25, 0.3) is 0 Å². The fourth-order valence-electron chi connectivity index (χ4n) is 5.78. The van der Waals surface area contributed by atoms with Crippen LogP contribution in [0.2, 0.25) is 0 Å². The van der Waals surface area contributed by atoms with E-state index >= 15 is 0 Å². The third-order valence-corrected chi connectivity index (χ3v) is 7.71. The van der Waals surface area contributed by atoms with E-state index in [-0.39, 0.29) is 11.9 Å². The van der Waals surface area contributed by atoms with Gasteiger partial charge in [-0.15, -0.1) is 0 Å². The van der Waals surface area contributed by atoms with Crippen LogP contribution < -0.4 is 4.90 Å². The van der Waals surface area contributed by atoms with Gasteiger partial charge in [0.05, 0.1) is 11.5 Å². The molecule has 2 aromatic carbocycles. The van der Waals surface area contributed by atoms with E-state index in [2.05, 4.69) is 53.1 Å². The zero-order valence-corrected chi connectivity index (χ0v) is 20.9. The zero-order valence-electron chi connectivity index (χ0n) is 20.9. The minimum absolute atomic E-state index is 0.0254. The Kier molecular flexibility index (Phi) is 5.77. The normalized spacial score (nSPS) is 20.6. The van der Waals surface area contributed by atoms with E-state index in [0.717, 1.165) is 66.2 Å². The van der Waals surface area contributed by atoms with Crippen molar-refractivity contribution < 1.29 is 14.1 Å². The number of carbonyl (C=O) groups is 1. The third-order valence-electron chi connectivity index (χ3n) is 7.71. The highest BCUT2D eigenvalue weighted by atomic mass is 16.5. The van der Waals surface area contributed by atoms with Crippen LogP contribution in [0, 0.1) is 0 Å². The molecule has 2 heterocycles. The summed E-state index contributed by atoms with van der Waals surface area (Å²) in [4.78, 5) is 17.8. The number of benzene rings is 2. The smallest absolute Gasteiger partial charge is 0.235 e. The van der Waals surface area contributed by atoms with E-state index < -0.39 is 10.8 Å². The summed E-state index contributed by atoms with van der Waals surface area (Å²) in [6.45, 7) is 15.3. The van der Waals surface area contributed by atoms with Crippen molar-refractivity contribution in [2.24, 2.45) is 0 Å². The number of anilines is 1. The van der Waals surface area contributed by atoms with Gasteiger partial charge in [-0.05, 0) is 63.4 Å². The zero-order chi connectivity index (χ0) is 24.1. The second-order valence-electron chi connectivity index (χ2n) is 10.6. The molecule has 1 saturated heterocycles. The number of ether oxygens (including phenoxy) is 1.